The quantitative estimate of drug-likeness (QED) is 0.376. The summed E-state index contributed by atoms with van der Waals surface area (Å²) >= 11 is 5.97. The first-order valence-electron chi connectivity index (χ1n) is 8.26. The van der Waals surface area contributed by atoms with Crippen LogP contribution in [-0.4, -0.2) is 16.2 Å². The Bertz CT molecular complexity index is 1110. The summed E-state index contributed by atoms with van der Waals surface area (Å²) in [4.78, 5) is 9.23. The lowest BCUT2D eigenvalue weighted by Gasteiger charge is -2.08. The maximum absolute atomic E-state index is 13.0. The van der Waals surface area contributed by atoms with Crippen LogP contribution in [0.4, 0.5) is 10.2 Å². The van der Waals surface area contributed by atoms with Crippen molar-refractivity contribution in [3.05, 3.63) is 89.2 Å². The molecule has 4 aromatic rings. The highest BCUT2D eigenvalue weighted by atomic mass is 35.5. The van der Waals surface area contributed by atoms with E-state index in [2.05, 4.69) is 20.5 Å². The Hall–Kier alpha value is -3.31. The Labute approximate surface area is 160 Å². The van der Waals surface area contributed by atoms with Crippen molar-refractivity contribution in [1.29, 1.82) is 0 Å². The van der Waals surface area contributed by atoms with Gasteiger partial charge < -0.3 is 0 Å². The first-order valence-corrected chi connectivity index (χ1v) is 8.64. The fraction of sp³-hybridized carbons (Fsp3) is 0. The minimum absolute atomic E-state index is 0.283. The van der Waals surface area contributed by atoms with Gasteiger partial charge in [-0.05, 0) is 54.1 Å². The second-order valence-electron chi connectivity index (χ2n) is 5.84. The van der Waals surface area contributed by atoms with Crippen molar-refractivity contribution < 1.29 is 4.39 Å². The minimum Gasteiger partial charge on any atom is -0.261 e. The summed E-state index contributed by atoms with van der Waals surface area (Å²) in [6.45, 7) is 0. The fourth-order valence-electron chi connectivity index (χ4n) is 2.61. The second kappa shape index (κ2) is 7.51. The van der Waals surface area contributed by atoms with Crippen molar-refractivity contribution >= 4 is 34.5 Å². The number of benzene rings is 3. The lowest BCUT2D eigenvalue weighted by atomic mass is 10.2. The van der Waals surface area contributed by atoms with Crippen LogP contribution in [0.2, 0.25) is 5.02 Å². The van der Waals surface area contributed by atoms with Crippen LogP contribution in [0.5, 0.6) is 0 Å². The Balaban J connectivity index is 1.70. The Morgan fingerprint density at radius 3 is 2.41 bits per heavy atom. The molecule has 0 aliphatic carbocycles. The van der Waals surface area contributed by atoms with Gasteiger partial charge in [0, 0.05) is 16.0 Å². The van der Waals surface area contributed by atoms with Crippen LogP contribution in [0, 0.1) is 5.82 Å². The van der Waals surface area contributed by atoms with Gasteiger partial charge in [-0.2, -0.15) is 5.10 Å². The van der Waals surface area contributed by atoms with Gasteiger partial charge >= 0.3 is 0 Å². The summed E-state index contributed by atoms with van der Waals surface area (Å²) in [5.41, 5.74) is 5.41. The summed E-state index contributed by atoms with van der Waals surface area (Å²) in [7, 11) is 0. The maximum atomic E-state index is 13.0. The van der Waals surface area contributed by atoms with Crippen molar-refractivity contribution in [2.24, 2.45) is 5.10 Å². The molecule has 0 saturated carbocycles. The molecule has 0 spiro atoms. The molecule has 1 N–H and O–H groups in total. The van der Waals surface area contributed by atoms with E-state index in [1.54, 1.807) is 30.5 Å². The summed E-state index contributed by atoms with van der Waals surface area (Å²) in [5.74, 6) is 0.878. The summed E-state index contributed by atoms with van der Waals surface area (Å²) < 4.78 is 13.0. The van der Waals surface area contributed by atoms with E-state index in [4.69, 9.17) is 11.6 Å². The number of para-hydroxylation sites is 1. The van der Waals surface area contributed by atoms with Gasteiger partial charge in [0.15, 0.2) is 11.6 Å². The van der Waals surface area contributed by atoms with E-state index in [-0.39, 0.29) is 5.82 Å². The molecule has 4 rings (SSSR count). The number of fused-ring (bicyclic) bond motifs is 1. The third-order valence-corrected chi connectivity index (χ3v) is 4.21. The number of nitrogens with zero attached hydrogens (tertiary/aromatic N) is 3. The van der Waals surface area contributed by atoms with Gasteiger partial charge in [0.1, 0.15) is 5.82 Å². The van der Waals surface area contributed by atoms with Crippen molar-refractivity contribution in [2.75, 3.05) is 5.43 Å². The van der Waals surface area contributed by atoms with Crippen molar-refractivity contribution in [2.45, 2.75) is 0 Å². The number of halogens is 2. The molecule has 3 aromatic carbocycles. The largest absolute Gasteiger partial charge is 0.261 e. The van der Waals surface area contributed by atoms with Crippen molar-refractivity contribution in [3.8, 4) is 11.4 Å². The predicted molar refractivity (Wildman–Crippen MR) is 108 cm³/mol. The van der Waals surface area contributed by atoms with Crippen LogP contribution in [0.15, 0.2) is 77.9 Å². The highest BCUT2D eigenvalue weighted by molar-refractivity contribution is 6.30. The number of anilines is 1. The van der Waals surface area contributed by atoms with E-state index < -0.39 is 0 Å². The number of hydrazone groups is 1. The van der Waals surface area contributed by atoms with E-state index in [1.165, 1.54) is 12.1 Å². The highest BCUT2D eigenvalue weighted by Gasteiger charge is 2.09. The molecule has 0 unspecified atom stereocenters. The maximum Gasteiger partial charge on any atom is 0.162 e. The molecule has 1 heterocycles. The van der Waals surface area contributed by atoms with E-state index in [0.29, 0.717) is 16.7 Å². The molecule has 1 aromatic heterocycles. The summed E-state index contributed by atoms with van der Waals surface area (Å²) in [6.07, 6.45) is 1.61. The molecule has 0 aliphatic heterocycles. The van der Waals surface area contributed by atoms with Crippen LogP contribution >= 0.6 is 11.6 Å². The smallest absolute Gasteiger partial charge is 0.162 e. The molecule has 132 valence electrons. The van der Waals surface area contributed by atoms with E-state index >= 15 is 0 Å². The third-order valence-electron chi connectivity index (χ3n) is 3.96. The van der Waals surface area contributed by atoms with Crippen LogP contribution in [-0.2, 0) is 0 Å². The Morgan fingerprint density at radius 2 is 1.63 bits per heavy atom. The van der Waals surface area contributed by atoms with Gasteiger partial charge in [-0.3, -0.25) is 5.43 Å². The summed E-state index contributed by atoms with van der Waals surface area (Å²) in [6, 6.07) is 21.1. The molecule has 6 heteroatoms. The van der Waals surface area contributed by atoms with Gasteiger partial charge in [0.05, 0.1) is 11.7 Å². The van der Waals surface area contributed by atoms with Gasteiger partial charge in [-0.25, -0.2) is 14.4 Å². The molecule has 0 saturated heterocycles. The molecule has 0 radical (unpaired) electrons. The first kappa shape index (κ1) is 17.1. The molecule has 27 heavy (non-hydrogen) atoms. The Kier molecular flexibility index (Phi) is 4.77. The molecule has 0 fully saturated rings. The van der Waals surface area contributed by atoms with E-state index in [0.717, 1.165) is 22.0 Å². The molecule has 0 atom stereocenters. The lowest BCUT2D eigenvalue weighted by molar-refractivity contribution is 0.628. The van der Waals surface area contributed by atoms with E-state index in [9.17, 15) is 4.39 Å². The second-order valence-corrected chi connectivity index (χ2v) is 6.28. The molecule has 0 aliphatic rings. The number of hydrogen-bond acceptors (Lipinski definition) is 4. The number of nitrogens with one attached hydrogen (secondary N) is 1. The van der Waals surface area contributed by atoms with Crippen molar-refractivity contribution in [3.63, 3.8) is 0 Å². The SMILES string of the molecule is Fc1ccc(/C=N\Nc2nc(-c3ccc(Cl)cc3)nc3ccccc23)cc1. The van der Waals surface area contributed by atoms with Crippen LogP contribution in [0.1, 0.15) is 5.56 Å². The third kappa shape index (κ3) is 3.93. The zero-order valence-corrected chi connectivity index (χ0v) is 14.9. The number of hydrogen-bond donors (Lipinski definition) is 1. The van der Waals surface area contributed by atoms with Gasteiger partial charge in [0.2, 0.25) is 0 Å². The van der Waals surface area contributed by atoms with Crippen LogP contribution < -0.4 is 5.43 Å². The minimum atomic E-state index is -0.283. The topological polar surface area (TPSA) is 50.2 Å². The first-order chi connectivity index (χ1) is 13.2. The van der Waals surface area contributed by atoms with Gasteiger partial charge in [-0.15, -0.1) is 0 Å². The monoisotopic (exact) mass is 376 g/mol. The van der Waals surface area contributed by atoms with E-state index in [1.807, 2.05) is 36.4 Å². The predicted octanol–water partition coefficient (Wildman–Crippen LogP) is 5.54. The normalized spacial score (nSPS) is 11.2. The average Bonchev–Trinajstić information content (AvgIpc) is 2.70. The van der Waals surface area contributed by atoms with Crippen molar-refractivity contribution in [1.82, 2.24) is 9.97 Å². The standard InChI is InChI=1S/C21H14ClFN4/c22-16-9-7-15(8-10-16)20-25-19-4-2-1-3-18(19)21(26-20)27-24-13-14-5-11-17(23)12-6-14/h1-13H,(H,25,26,27)/b24-13-. The van der Waals surface area contributed by atoms with Gasteiger partial charge in [0.25, 0.3) is 0 Å². The lowest BCUT2D eigenvalue weighted by Crippen LogP contribution is -1.99. The number of rotatable bonds is 4. The molecular weight excluding hydrogens is 363 g/mol. The average molecular weight is 377 g/mol. The van der Waals surface area contributed by atoms with Crippen LogP contribution in [0.25, 0.3) is 22.3 Å². The zero-order valence-electron chi connectivity index (χ0n) is 14.1. The van der Waals surface area contributed by atoms with Gasteiger partial charge in [-0.1, -0.05) is 35.9 Å². The highest BCUT2D eigenvalue weighted by Crippen LogP contribution is 2.25. The number of aromatic nitrogens is 2. The molecule has 0 bridgehead atoms. The molecule has 4 nitrogen and oxygen atoms in total. The zero-order chi connectivity index (χ0) is 18.6. The molecule has 0 amide bonds. The molecular formula is C21H14ClFN4. The summed E-state index contributed by atoms with van der Waals surface area (Å²) in [5, 5.41) is 5.74. The van der Waals surface area contributed by atoms with Crippen LogP contribution in [0.3, 0.4) is 0 Å². The Morgan fingerprint density at radius 1 is 0.889 bits per heavy atom. The fourth-order valence-corrected chi connectivity index (χ4v) is 2.73.